The van der Waals surface area contributed by atoms with Gasteiger partial charge in [-0.1, -0.05) is 30.3 Å². The highest BCUT2D eigenvalue weighted by Crippen LogP contribution is 2.29. The number of rotatable bonds is 4. The summed E-state index contributed by atoms with van der Waals surface area (Å²) in [5, 5.41) is 0. The van der Waals surface area contributed by atoms with E-state index in [1.54, 1.807) is 21.9 Å². The van der Waals surface area contributed by atoms with Crippen molar-refractivity contribution in [3.8, 4) is 5.75 Å². The summed E-state index contributed by atoms with van der Waals surface area (Å²) in [7, 11) is 0. The van der Waals surface area contributed by atoms with Crippen molar-refractivity contribution in [1.82, 2.24) is 14.7 Å². The molecule has 7 heteroatoms. The molecule has 2 heterocycles. The van der Waals surface area contributed by atoms with Crippen molar-refractivity contribution in [3.05, 3.63) is 66.0 Å². The molecular weight excluding hydrogens is 397 g/mol. The number of hydrogen-bond acceptors (Lipinski definition) is 4. The van der Waals surface area contributed by atoms with Gasteiger partial charge < -0.3 is 14.5 Å². The monoisotopic (exact) mass is 425 g/mol. The second kappa shape index (κ2) is 8.67. The number of carbonyl (C=O) groups excluding carboxylic acids is 2. The van der Waals surface area contributed by atoms with Crippen LogP contribution in [0.5, 0.6) is 5.75 Å². The lowest BCUT2D eigenvalue weighted by Gasteiger charge is -2.55. The molecule has 164 valence electrons. The van der Waals surface area contributed by atoms with Crippen LogP contribution in [0.2, 0.25) is 0 Å². The summed E-state index contributed by atoms with van der Waals surface area (Å²) >= 11 is 0. The third-order valence-electron chi connectivity index (χ3n) is 6.12. The highest BCUT2D eigenvalue weighted by atomic mass is 19.1. The first-order chi connectivity index (χ1) is 14.8. The van der Waals surface area contributed by atoms with Gasteiger partial charge in [-0.3, -0.25) is 14.5 Å². The Morgan fingerprint density at radius 3 is 2.42 bits per heavy atom. The maximum absolute atomic E-state index is 14.2. The van der Waals surface area contributed by atoms with Crippen LogP contribution in [0.1, 0.15) is 24.2 Å². The van der Waals surface area contributed by atoms with Crippen LogP contribution < -0.4 is 4.74 Å². The number of para-hydroxylation sites is 1. The van der Waals surface area contributed by atoms with Gasteiger partial charge in [-0.05, 0) is 38.1 Å². The molecule has 2 amide bonds. The van der Waals surface area contributed by atoms with E-state index < -0.39 is 5.82 Å². The van der Waals surface area contributed by atoms with Crippen LogP contribution in [-0.2, 0) is 4.79 Å². The fraction of sp³-hybridized carbons (Fsp3) is 0.417. The lowest BCUT2D eigenvalue weighted by molar-refractivity contribution is -0.140. The van der Waals surface area contributed by atoms with Gasteiger partial charge in [0.15, 0.2) is 6.61 Å². The third-order valence-corrected chi connectivity index (χ3v) is 6.12. The van der Waals surface area contributed by atoms with Gasteiger partial charge in [0.05, 0.1) is 5.56 Å². The van der Waals surface area contributed by atoms with Gasteiger partial charge in [-0.2, -0.15) is 0 Å². The van der Waals surface area contributed by atoms with Crippen LogP contribution in [-0.4, -0.2) is 77.4 Å². The molecule has 31 heavy (non-hydrogen) atoms. The minimum atomic E-state index is -0.508. The SMILES string of the molecule is CC1(C)CN(C(=O)c2ccccc2F)CC2CN(C(=O)COc3ccccc3)CCN21. The molecule has 2 aliphatic rings. The maximum Gasteiger partial charge on any atom is 0.260 e. The Labute approximate surface area is 182 Å². The van der Waals surface area contributed by atoms with Gasteiger partial charge in [-0.15, -0.1) is 0 Å². The Bertz CT molecular complexity index is 950. The number of nitrogens with zero attached hydrogens (tertiary/aromatic N) is 3. The van der Waals surface area contributed by atoms with Crippen molar-refractivity contribution in [2.24, 2.45) is 0 Å². The third kappa shape index (κ3) is 4.56. The molecule has 0 aromatic heterocycles. The molecule has 2 saturated heterocycles. The number of amides is 2. The molecule has 2 aromatic rings. The number of fused-ring (bicyclic) bond motifs is 1. The lowest BCUT2D eigenvalue weighted by atomic mass is 9.92. The molecule has 2 aromatic carbocycles. The largest absolute Gasteiger partial charge is 0.484 e. The molecule has 0 saturated carbocycles. The van der Waals surface area contributed by atoms with Crippen LogP contribution in [0.15, 0.2) is 54.6 Å². The number of carbonyl (C=O) groups is 2. The van der Waals surface area contributed by atoms with Gasteiger partial charge >= 0.3 is 0 Å². The van der Waals surface area contributed by atoms with Crippen molar-refractivity contribution in [1.29, 1.82) is 0 Å². The van der Waals surface area contributed by atoms with Crippen molar-refractivity contribution < 1.29 is 18.7 Å². The van der Waals surface area contributed by atoms with Crippen LogP contribution >= 0.6 is 0 Å². The molecule has 1 atom stereocenters. The number of ether oxygens (including phenoxy) is 1. The second-order valence-corrected chi connectivity index (χ2v) is 8.77. The number of benzene rings is 2. The molecule has 0 N–H and O–H groups in total. The van der Waals surface area contributed by atoms with E-state index in [0.29, 0.717) is 31.9 Å². The summed E-state index contributed by atoms with van der Waals surface area (Å²) in [5.41, 5.74) is -0.175. The molecule has 0 aliphatic carbocycles. The fourth-order valence-electron chi connectivity index (χ4n) is 4.62. The summed E-state index contributed by atoms with van der Waals surface area (Å²) in [5.74, 6) is -0.221. The molecule has 0 spiro atoms. The highest BCUT2D eigenvalue weighted by molar-refractivity contribution is 5.94. The van der Waals surface area contributed by atoms with E-state index >= 15 is 0 Å². The average molecular weight is 426 g/mol. The minimum Gasteiger partial charge on any atom is -0.484 e. The van der Waals surface area contributed by atoms with Gasteiger partial charge in [0.2, 0.25) is 0 Å². The lowest BCUT2D eigenvalue weighted by Crippen LogP contribution is -2.70. The quantitative estimate of drug-likeness (QED) is 0.756. The Hall–Kier alpha value is -2.93. The Morgan fingerprint density at radius 1 is 1.00 bits per heavy atom. The molecule has 0 bridgehead atoms. The zero-order chi connectivity index (χ0) is 22.0. The Morgan fingerprint density at radius 2 is 1.68 bits per heavy atom. The second-order valence-electron chi connectivity index (χ2n) is 8.77. The fourth-order valence-corrected chi connectivity index (χ4v) is 4.62. The van der Waals surface area contributed by atoms with Gasteiger partial charge in [0, 0.05) is 44.3 Å². The summed E-state index contributed by atoms with van der Waals surface area (Å²) in [4.78, 5) is 31.6. The molecule has 0 radical (unpaired) electrons. The predicted octanol–water partition coefficient (Wildman–Crippen LogP) is 2.65. The Balaban J connectivity index is 1.43. The van der Waals surface area contributed by atoms with Crippen molar-refractivity contribution in [2.45, 2.75) is 25.4 Å². The minimum absolute atomic E-state index is 0.00565. The van der Waals surface area contributed by atoms with E-state index in [9.17, 15) is 14.0 Å². The van der Waals surface area contributed by atoms with Crippen molar-refractivity contribution >= 4 is 11.8 Å². The van der Waals surface area contributed by atoms with Crippen LogP contribution in [0, 0.1) is 5.82 Å². The standard InChI is InChI=1S/C24H28FN3O3/c1-24(2)17-27(23(30)20-10-6-7-11-21(20)25)15-18-14-26(12-13-28(18)24)22(29)16-31-19-8-4-3-5-9-19/h3-11,18H,12-17H2,1-2H3. The summed E-state index contributed by atoms with van der Waals surface area (Å²) < 4.78 is 19.8. The topological polar surface area (TPSA) is 53.1 Å². The molecule has 6 nitrogen and oxygen atoms in total. The molecule has 2 aliphatic heterocycles. The first-order valence-electron chi connectivity index (χ1n) is 10.6. The van der Waals surface area contributed by atoms with E-state index in [1.807, 2.05) is 30.3 Å². The summed E-state index contributed by atoms with van der Waals surface area (Å²) in [6.45, 7) is 7.02. The van der Waals surface area contributed by atoms with E-state index in [2.05, 4.69) is 18.7 Å². The smallest absolute Gasteiger partial charge is 0.260 e. The average Bonchev–Trinajstić information content (AvgIpc) is 2.77. The Kier molecular flexibility index (Phi) is 5.96. The van der Waals surface area contributed by atoms with E-state index in [-0.39, 0.29) is 35.6 Å². The number of hydrogen-bond donors (Lipinski definition) is 0. The molecule has 1 unspecified atom stereocenters. The summed E-state index contributed by atoms with van der Waals surface area (Å²) in [6, 6.07) is 15.3. The van der Waals surface area contributed by atoms with E-state index in [4.69, 9.17) is 4.74 Å². The predicted molar refractivity (Wildman–Crippen MR) is 115 cm³/mol. The normalized spacial score (nSPS) is 20.8. The zero-order valence-electron chi connectivity index (χ0n) is 18.0. The molecule has 4 rings (SSSR count). The van der Waals surface area contributed by atoms with Crippen LogP contribution in [0.25, 0.3) is 0 Å². The first-order valence-corrected chi connectivity index (χ1v) is 10.6. The van der Waals surface area contributed by atoms with Crippen LogP contribution in [0.4, 0.5) is 4.39 Å². The van der Waals surface area contributed by atoms with Gasteiger partial charge in [-0.25, -0.2) is 4.39 Å². The number of piperazine rings is 2. The van der Waals surface area contributed by atoms with Gasteiger partial charge in [0.1, 0.15) is 11.6 Å². The van der Waals surface area contributed by atoms with Crippen molar-refractivity contribution in [3.63, 3.8) is 0 Å². The highest BCUT2D eigenvalue weighted by Gasteiger charge is 2.44. The van der Waals surface area contributed by atoms with Crippen molar-refractivity contribution in [2.75, 3.05) is 39.3 Å². The van der Waals surface area contributed by atoms with E-state index in [0.717, 1.165) is 6.54 Å². The molecule has 2 fully saturated rings. The van der Waals surface area contributed by atoms with E-state index in [1.165, 1.54) is 12.1 Å². The van der Waals surface area contributed by atoms with Gasteiger partial charge in [0.25, 0.3) is 11.8 Å². The van der Waals surface area contributed by atoms with Crippen LogP contribution in [0.3, 0.4) is 0 Å². The molecular formula is C24H28FN3O3. The number of halogens is 1. The summed E-state index contributed by atoms with van der Waals surface area (Å²) in [6.07, 6.45) is 0. The maximum atomic E-state index is 14.2. The first kappa shape index (κ1) is 21.3. The zero-order valence-corrected chi connectivity index (χ0v) is 18.0.